The number of rotatable bonds is 4. The highest BCUT2D eigenvalue weighted by Gasteiger charge is 2.19. The van der Waals surface area contributed by atoms with Crippen LogP contribution < -0.4 is 4.72 Å². The molecule has 0 aromatic heterocycles. The second kappa shape index (κ2) is 4.83. The maximum Gasteiger partial charge on any atom is 0.237 e. The lowest BCUT2D eigenvalue weighted by Gasteiger charge is -2.12. The van der Waals surface area contributed by atoms with Gasteiger partial charge in [0.1, 0.15) is 5.25 Å². The molecule has 15 heavy (non-hydrogen) atoms. The standard InChI is InChI=1S/C9H12ClNO3S/c1-7(6-12)15(13,14)11-9-4-2-3-8(10)5-9/h2-5,7,11-12H,6H2,1H3. The highest BCUT2D eigenvalue weighted by molar-refractivity contribution is 7.93. The summed E-state index contributed by atoms with van der Waals surface area (Å²) < 4.78 is 25.4. The second-order valence-electron chi connectivity index (χ2n) is 3.15. The number of hydrogen-bond donors (Lipinski definition) is 2. The Labute approximate surface area is 93.9 Å². The predicted molar refractivity (Wildman–Crippen MR) is 60.5 cm³/mol. The summed E-state index contributed by atoms with van der Waals surface area (Å²) in [6.07, 6.45) is 0. The molecule has 0 aliphatic carbocycles. The minimum Gasteiger partial charge on any atom is -0.395 e. The van der Waals surface area contributed by atoms with Crippen LogP contribution >= 0.6 is 11.6 Å². The van der Waals surface area contributed by atoms with Crippen molar-refractivity contribution in [1.82, 2.24) is 0 Å². The number of halogens is 1. The third-order valence-corrected chi connectivity index (χ3v) is 3.84. The first-order valence-electron chi connectivity index (χ1n) is 4.34. The van der Waals surface area contributed by atoms with Crippen LogP contribution in [0.15, 0.2) is 24.3 Å². The van der Waals surface area contributed by atoms with Crippen LogP contribution in [0.1, 0.15) is 6.92 Å². The highest BCUT2D eigenvalue weighted by atomic mass is 35.5. The van der Waals surface area contributed by atoms with E-state index in [1.165, 1.54) is 13.0 Å². The quantitative estimate of drug-likeness (QED) is 0.849. The molecule has 4 nitrogen and oxygen atoms in total. The van der Waals surface area contributed by atoms with Gasteiger partial charge in [0.15, 0.2) is 0 Å². The van der Waals surface area contributed by atoms with Crippen LogP contribution in [-0.2, 0) is 10.0 Å². The Hall–Kier alpha value is -0.780. The number of hydrogen-bond acceptors (Lipinski definition) is 3. The van der Waals surface area contributed by atoms with E-state index in [2.05, 4.69) is 4.72 Å². The van der Waals surface area contributed by atoms with Gasteiger partial charge in [0.25, 0.3) is 0 Å². The van der Waals surface area contributed by atoms with Crippen molar-refractivity contribution in [3.63, 3.8) is 0 Å². The summed E-state index contributed by atoms with van der Waals surface area (Å²) in [5.74, 6) is 0. The largest absolute Gasteiger partial charge is 0.395 e. The van der Waals surface area contributed by atoms with Crippen molar-refractivity contribution < 1.29 is 13.5 Å². The van der Waals surface area contributed by atoms with E-state index in [9.17, 15) is 8.42 Å². The van der Waals surface area contributed by atoms with Gasteiger partial charge in [-0.1, -0.05) is 17.7 Å². The molecule has 0 aliphatic heterocycles. The van der Waals surface area contributed by atoms with E-state index in [0.29, 0.717) is 10.7 Å². The van der Waals surface area contributed by atoms with Crippen LogP contribution in [0.4, 0.5) is 5.69 Å². The van der Waals surface area contributed by atoms with Crippen molar-refractivity contribution in [2.24, 2.45) is 0 Å². The molecule has 1 aromatic rings. The molecule has 0 amide bonds. The van der Waals surface area contributed by atoms with E-state index in [1.807, 2.05) is 0 Å². The number of sulfonamides is 1. The third kappa shape index (κ3) is 3.37. The lowest BCUT2D eigenvalue weighted by molar-refractivity contribution is 0.296. The molecular formula is C9H12ClNO3S. The summed E-state index contributed by atoms with van der Waals surface area (Å²) in [6, 6.07) is 6.38. The minimum atomic E-state index is -3.54. The fraction of sp³-hybridized carbons (Fsp3) is 0.333. The van der Waals surface area contributed by atoms with Crippen LogP contribution in [0.3, 0.4) is 0 Å². The molecule has 1 unspecified atom stereocenters. The third-order valence-electron chi connectivity index (χ3n) is 1.87. The van der Waals surface area contributed by atoms with Crippen molar-refractivity contribution in [2.45, 2.75) is 12.2 Å². The zero-order chi connectivity index (χ0) is 11.5. The van der Waals surface area contributed by atoms with Crippen LogP contribution in [0.5, 0.6) is 0 Å². The molecule has 0 spiro atoms. The van der Waals surface area contributed by atoms with Crippen molar-refractivity contribution in [2.75, 3.05) is 11.3 Å². The number of benzene rings is 1. The zero-order valence-electron chi connectivity index (χ0n) is 8.14. The van der Waals surface area contributed by atoms with E-state index < -0.39 is 21.9 Å². The first-order chi connectivity index (χ1) is 6.95. The van der Waals surface area contributed by atoms with Crippen molar-refractivity contribution in [3.05, 3.63) is 29.3 Å². The van der Waals surface area contributed by atoms with Gasteiger partial charge >= 0.3 is 0 Å². The van der Waals surface area contributed by atoms with Gasteiger partial charge in [0.05, 0.1) is 6.61 Å². The molecule has 0 fully saturated rings. The second-order valence-corrected chi connectivity index (χ2v) is 5.69. The SMILES string of the molecule is CC(CO)S(=O)(=O)Nc1cccc(Cl)c1. The summed E-state index contributed by atoms with van der Waals surface area (Å²) >= 11 is 5.70. The molecule has 1 aromatic carbocycles. The molecule has 0 saturated heterocycles. The Balaban J connectivity index is 2.87. The molecular weight excluding hydrogens is 238 g/mol. The molecule has 0 aliphatic rings. The Kier molecular flexibility index (Phi) is 3.96. The molecule has 84 valence electrons. The van der Waals surface area contributed by atoms with E-state index in [1.54, 1.807) is 18.2 Å². The fourth-order valence-electron chi connectivity index (χ4n) is 0.915. The maximum absolute atomic E-state index is 11.5. The van der Waals surface area contributed by atoms with E-state index in [-0.39, 0.29) is 0 Å². The van der Waals surface area contributed by atoms with Gasteiger partial charge in [-0.3, -0.25) is 4.72 Å². The van der Waals surface area contributed by atoms with Gasteiger partial charge in [-0.05, 0) is 25.1 Å². The van der Waals surface area contributed by atoms with Gasteiger partial charge in [-0.25, -0.2) is 8.42 Å². The topological polar surface area (TPSA) is 66.4 Å². The molecule has 1 atom stereocenters. The summed E-state index contributed by atoms with van der Waals surface area (Å²) in [7, 11) is -3.54. The van der Waals surface area contributed by atoms with Gasteiger partial charge in [-0.15, -0.1) is 0 Å². The lowest BCUT2D eigenvalue weighted by atomic mass is 10.3. The molecule has 1 rings (SSSR count). The number of anilines is 1. The van der Waals surface area contributed by atoms with Gasteiger partial charge in [0, 0.05) is 10.7 Å². The fourth-order valence-corrected chi connectivity index (χ4v) is 1.96. The Morgan fingerprint density at radius 1 is 1.53 bits per heavy atom. The summed E-state index contributed by atoms with van der Waals surface area (Å²) in [5, 5.41) is 8.36. The van der Waals surface area contributed by atoms with Crippen LogP contribution in [0.25, 0.3) is 0 Å². The zero-order valence-corrected chi connectivity index (χ0v) is 9.72. The number of aliphatic hydroxyl groups is 1. The lowest BCUT2D eigenvalue weighted by Crippen LogP contribution is -2.28. The van der Waals surface area contributed by atoms with E-state index >= 15 is 0 Å². The monoisotopic (exact) mass is 249 g/mol. The van der Waals surface area contributed by atoms with Crippen molar-refractivity contribution >= 4 is 27.3 Å². The number of aliphatic hydroxyl groups excluding tert-OH is 1. The highest BCUT2D eigenvalue weighted by Crippen LogP contribution is 2.17. The summed E-state index contributed by atoms with van der Waals surface area (Å²) in [5.41, 5.74) is 0.391. The Bertz CT molecular complexity index is 433. The molecule has 0 heterocycles. The van der Waals surface area contributed by atoms with Gasteiger partial charge in [-0.2, -0.15) is 0 Å². The maximum atomic E-state index is 11.5. The average molecular weight is 250 g/mol. The van der Waals surface area contributed by atoms with Gasteiger partial charge in [0.2, 0.25) is 10.0 Å². The van der Waals surface area contributed by atoms with E-state index in [4.69, 9.17) is 16.7 Å². The van der Waals surface area contributed by atoms with Gasteiger partial charge < -0.3 is 5.11 Å². The Morgan fingerprint density at radius 3 is 2.73 bits per heavy atom. The first-order valence-corrected chi connectivity index (χ1v) is 6.26. The molecule has 2 N–H and O–H groups in total. The molecule has 0 bridgehead atoms. The molecule has 0 saturated carbocycles. The average Bonchev–Trinajstić information content (AvgIpc) is 2.15. The number of nitrogens with one attached hydrogen (secondary N) is 1. The van der Waals surface area contributed by atoms with Crippen LogP contribution in [0.2, 0.25) is 5.02 Å². The molecule has 0 radical (unpaired) electrons. The smallest absolute Gasteiger partial charge is 0.237 e. The van der Waals surface area contributed by atoms with Crippen molar-refractivity contribution in [3.8, 4) is 0 Å². The first kappa shape index (κ1) is 12.3. The predicted octanol–water partition coefficient (Wildman–Crippen LogP) is 1.46. The van der Waals surface area contributed by atoms with Crippen LogP contribution in [0, 0.1) is 0 Å². The minimum absolute atomic E-state index is 0.391. The Morgan fingerprint density at radius 2 is 2.20 bits per heavy atom. The normalized spacial score (nSPS) is 13.5. The summed E-state index contributed by atoms with van der Waals surface area (Å²) in [6.45, 7) is 1.00. The van der Waals surface area contributed by atoms with E-state index in [0.717, 1.165) is 0 Å². The van der Waals surface area contributed by atoms with Crippen molar-refractivity contribution in [1.29, 1.82) is 0 Å². The molecule has 6 heteroatoms. The van der Waals surface area contributed by atoms with Crippen LogP contribution in [-0.4, -0.2) is 25.4 Å². The summed E-state index contributed by atoms with van der Waals surface area (Å²) in [4.78, 5) is 0.